The normalized spacial score (nSPS) is 10.7. The highest BCUT2D eigenvalue weighted by Crippen LogP contribution is 2.27. The van der Waals surface area contributed by atoms with Crippen molar-refractivity contribution in [2.24, 2.45) is 0 Å². The first-order valence-electron chi connectivity index (χ1n) is 6.12. The molecule has 0 fully saturated rings. The lowest BCUT2D eigenvalue weighted by Crippen LogP contribution is -2.12. The molecule has 0 saturated heterocycles. The minimum atomic E-state index is -0.357. The number of nitrogens with two attached hydrogens (primary N) is 1. The molecule has 1 aromatic heterocycles. The Labute approximate surface area is 119 Å². The lowest BCUT2D eigenvalue weighted by Gasteiger charge is -2.06. The molecular weight excluding hydrogens is 279 g/mol. The van der Waals surface area contributed by atoms with Crippen LogP contribution in [0.4, 0.5) is 10.2 Å². The van der Waals surface area contributed by atoms with Crippen LogP contribution in [0.25, 0.3) is 0 Å². The van der Waals surface area contributed by atoms with Crippen LogP contribution in [0.15, 0.2) is 39.1 Å². The quantitative estimate of drug-likeness (QED) is 0.732. The fourth-order valence-electron chi connectivity index (χ4n) is 1.61. The third-order valence-electron chi connectivity index (χ3n) is 2.52. The SMILES string of the molecule is CCNCc1ccc(Sc2nc(N)cc(=O)[nH]2)c(F)c1. The van der Waals surface area contributed by atoms with Gasteiger partial charge in [-0.15, -0.1) is 0 Å². The van der Waals surface area contributed by atoms with Gasteiger partial charge in [0.2, 0.25) is 0 Å². The molecule has 0 saturated carbocycles. The average Bonchev–Trinajstić information content (AvgIpc) is 2.38. The maximum atomic E-state index is 14.0. The van der Waals surface area contributed by atoms with E-state index in [-0.39, 0.29) is 22.4 Å². The fourth-order valence-corrected chi connectivity index (χ4v) is 2.42. The van der Waals surface area contributed by atoms with Gasteiger partial charge in [-0.05, 0) is 36.0 Å². The Kier molecular flexibility index (Phi) is 4.75. The van der Waals surface area contributed by atoms with Gasteiger partial charge in [0.15, 0.2) is 5.16 Å². The van der Waals surface area contributed by atoms with Gasteiger partial charge in [-0.1, -0.05) is 13.0 Å². The number of H-pyrrole nitrogens is 1. The van der Waals surface area contributed by atoms with Crippen LogP contribution in [0, 0.1) is 5.82 Å². The van der Waals surface area contributed by atoms with Gasteiger partial charge in [-0.25, -0.2) is 9.37 Å². The predicted molar refractivity (Wildman–Crippen MR) is 77.2 cm³/mol. The van der Waals surface area contributed by atoms with Crippen molar-refractivity contribution in [3.63, 3.8) is 0 Å². The molecule has 1 aromatic carbocycles. The van der Waals surface area contributed by atoms with E-state index in [1.165, 1.54) is 12.1 Å². The van der Waals surface area contributed by atoms with Crippen molar-refractivity contribution in [1.29, 1.82) is 0 Å². The minimum absolute atomic E-state index is 0.112. The van der Waals surface area contributed by atoms with Gasteiger partial charge in [0, 0.05) is 12.6 Å². The number of nitrogen functional groups attached to an aromatic ring is 1. The molecule has 0 aliphatic carbocycles. The third-order valence-corrected chi connectivity index (χ3v) is 3.46. The molecule has 2 aromatic rings. The van der Waals surface area contributed by atoms with Gasteiger partial charge < -0.3 is 16.0 Å². The van der Waals surface area contributed by atoms with Crippen LogP contribution < -0.4 is 16.6 Å². The fraction of sp³-hybridized carbons (Fsp3) is 0.231. The largest absolute Gasteiger partial charge is 0.383 e. The Hall–Kier alpha value is -1.86. The Morgan fingerprint density at radius 3 is 2.90 bits per heavy atom. The zero-order chi connectivity index (χ0) is 14.5. The Morgan fingerprint density at radius 1 is 1.45 bits per heavy atom. The number of halogens is 1. The van der Waals surface area contributed by atoms with Crippen LogP contribution >= 0.6 is 11.8 Å². The van der Waals surface area contributed by atoms with E-state index in [1.807, 2.05) is 13.0 Å². The first-order valence-corrected chi connectivity index (χ1v) is 6.94. The van der Waals surface area contributed by atoms with Crippen LogP contribution in [0.1, 0.15) is 12.5 Å². The summed E-state index contributed by atoms with van der Waals surface area (Å²) in [7, 11) is 0. The summed E-state index contributed by atoms with van der Waals surface area (Å²) in [4.78, 5) is 18.1. The zero-order valence-electron chi connectivity index (χ0n) is 10.9. The molecule has 20 heavy (non-hydrogen) atoms. The molecule has 0 spiro atoms. The molecule has 4 N–H and O–H groups in total. The summed E-state index contributed by atoms with van der Waals surface area (Å²) < 4.78 is 14.0. The summed E-state index contributed by atoms with van der Waals surface area (Å²) in [6.07, 6.45) is 0. The molecule has 0 aliphatic heterocycles. The second kappa shape index (κ2) is 6.53. The topological polar surface area (TPSA) is 83.8 Å². The average molecular weight is 294 g/mol. The molecule has 0 radical (unpaired) electrons. The van der Waals surface area contributed by atoms with Gasteiger partial charge in [0.1, 0.15) is 11.6 Å². The van der Waals surface area contributed by atoms with Crippen LogP contribution in [-0.2, 0) is 6.54 Å². The zero-order valence-corrected chi connectivity index (χ0v) is 11.8. The molecule has 0 amide bonds. The predicted octanol–water partition coefficient (Wildman–Crippen LogP) is 1.75. The van der Waals surface area contributed by atoms with Crippen molar-refractivity contribution in [1.82, 2.24) is 15.3 Å². The number of hydrogen-bond donors (Lipinski definition) is 3. The van der Waals surface area contributed by atoms with E-state index in [2.05, 4.69) is 15.3 Å². The maximum Gasteiger partial charge on any atom is 0.253 e. The van der Waals surface area contributed by atoms with E-state index in [4.69, 9.17) is 5.73 Å². The molecule has 106 valence electrons. The summed E-state index contributed by atoms with van der Waals surface area (Å²) in [6, 6.07) is 6.14. The second-order valence-corrected chi connectivity index (χ2v) is 5.15. The summed E-state index contributed by atoms with van der Waals surface area (Å²) in [5.74, 6) is -0.240. The highest BCUT2D eigenvalue weighted by molar-refractivity contribution is 7.99. The third kappa shape index (κ3) is 3.82. The van der Waals surface area contributed by atoms with Crippen LogP contribution in [0.2, 0.25) is 0 Å². The number of aromatic nitrogens is 2. The van der Waals surface area contributed by atoms with Gasteiger partial charge in [-0.2, -0.15) is 0 Å². The first-order chi connectivity index (χ1) is 9.58. The van der Waals surface area contributed by atoms with Crippen LogP contribution in [0.5, 0.6) is 0 Å². The van der Waals surface area contributed by atoms with Gasteiger partial charge >= 0.3 is 0 Å². The van der Waals surface area contributed by atoms with E-state index in [0.29, 0.717) is 11.4 Å². The Morgan fingerprint density at radius 2 is 2.25 bits per heavy atom. The van der Waals surface area contributed by atoms with Gasteiger partial charge in [0.05, 0.1) is 4.90 Å². The van der Waals surface area contributed by atoms with Crippen LogP contribution in [0.3, 0.4) is 0 Å². The highest BCUT2D eigenvalue weighted by Gasteiger charge is 2.08. The van der Waals surface area contributed by atoms with Crippen molar-refractivity contribution < 1.29 is 4.39 Å². The van der Waals surface area contributed by atoms with Crippen molar-refractivity contribution >= 4 is 17.6 Å². The molecule has 0 aliphatic rings. The van der Waals surface area contributed by atoms with Gasteiger partial charge in [0.25, 0.3) is 5.56 Å². The van der Waals surface area contributed by atoms with E-state index >= 15 is 0 Å². The molecule has 5 nitrogen and oxygen atoms in total. The number of rotatable bonds is 5. The molecular formula is C13H15FN4OS. The molecule has 2 rings (SSSR count). The number of aromatic amines is 1. The molecule has 7 heteroatoms. The lowest BCUT2D eigenvalue weighted by molar-refractivity contribution is 0.596. The standard InChI is InChI=1S/C13H15FN4OS/c1-2-16-7-8-3-4-10(9(14)5-8)20-13-17-11(15)6-12(19)18-13/h3-6,16H,2,7H2,1H3,(H3,15,17,18,19). The van der Waals surface area contributed by atoms with E-state index in [0.717, 1.165) is 23.9 Å². The molecule has 1 heterocycles. The highest BCUT2D eigenvalue weighted by atomic mass is 32.2. The first kappa shape index (κ1) is 14.5. The lowest BCUT2D eigenvalue weighted by atomic mass is 10.2. The number of anilines is 1. The summed E-state index contributed by atoms with van der Waals surface area (Å²) in [5.41, 5.74) is 5.99. The van der Waals surface area contributed by atoms with E-state index in [9.17, 15) is 9.18 Å². The van der Waals surface area contributed by atoms with Crippen molar-refractivity contribution in [2.45, 2.75) is 23.5 Å². The summed E-state index contributed by atoms with van der Waals surface area (Å²) in [6.45, 7) is 3.43. The van der Waals surface area contributed by atoms with E-state index in [1.54, 1.807) is 6.07 Å². The monoisotopic (exact) mass is 294 g/mol. The second-order valence-electron chi connectivity index (χ2n) is 4.12. The number of nitrogens with zero attached hydrogens (tertiary/aromatic N) is 1. The minimum Gasteiger partial charge on any atom is -0.383 e. The van der Waals surface area contributed by atoms with Crippen molar-refractivity contribution in [3.05, 3.63) is 46.0 Å². The van der Waals surface area contributed by atoms with E-state index < -0.39 is 0 Å². The summed E-state index contributed by atoms with van der Waals surface area (Å²) >= 11 is 1.03. The van der Waals surface area contributed by atoms with Crippen molar-refractivity contribution in [3.8, 4) is 0 Å². The smallest absolute Gasteiger partial charge is 0.253 e. The Bertz CT molecular complexity index is 659. The maximum absolute atomic E-state index is 14.0. The Balaban J connectivity index is 2.19. The molecule has 0 unspecified atom stereocenters. The van der Waals surface area contributed by atoms with Crippen LogP contribution in [-0.4, -0.2) is 16.5 Å². The van der Waals surface area contributed by atoms with Crippen molar-refractivity contribution in [2.75, 3.05) is 12.3 Å². The number of hydrogen-bond acceptors (Lipinski definition) is 5. The molecule has 0 bridgehead atoms. The number of benzene rings is 1. The van der Waals surface area contributed by atoms with Gasteiger partial charge in [-0.3, -0.25) is 4.79 Å². The number of nitrogens with one attached hydrogen (secondary N) is 2. The molecule has 0 atom stereocenters. The summed E-state index contributed by atoms with van der Waals surface area (Å²) in [5, 5.41) is 3.40.